The third kappa shape index (κ3) is 4.48. The molecule has 5 nitrogen and oxygen atoms in total. The van der Waals surface area contributed by atoms with Crippen molar-refractivity contribution in [2.45, 2.75) is 52.6 Å². The average Bonchev–Trinajstić information content (AvgIpc) is 2.75. The van der Waals surface area contributed by atoms with E-state index in [-0.39, 0.29) is 5.75 Å². The smallest absolute Gasteiger partial charge is 0.214 e. The third-order valence-corrected chi connectivity index (χ3v) is 7.01. The van der Waals surface area contributed by atoms with Gasteiger partial charge in [-0.05, 0) is 33.1 Å². The summed E-state index contributed by atoms with van der Waals surface area (Å²) in [6.07, 6.45) is 2.46. The van der Waals surface area contributed by atoms with Crippen molar-refractivity contribution in [2.75, 3.05) is 18.8 Å². The number of nitrogens with zero attached hydrogens (tertiary/aromatic N) is 2. The monoisotopic (exact) mass is 331 g/mol. The van der Waals surface area contributed by atoms with E-state index < -0.39 is 10.0 Å². The molecule has 1 aromatic rings. The Hall–Kier alpha value is -0.500. The maximum absolute atomic E-state index is 12.0. The number of aryl methyl sites for hydroxylation is 2. The zero-order valence-corrected chi connectivity index (χ0v) is 14.7. The SMILES string of the molecule is CCCS(=O)(=O)N1CCC(NCc2sc(C)nc2C)CC1. The molecule has 1 N–H and O–H groups in total. The fraction of sp³-hybridized carbons (Fsp3) is 0.786. The summed E-state index contributed by atoms with van der Waals surface area (Å²) >= 11 is 1.73. The Balaban J connectivity index is 1.81. The first kappa shape index (κ1) is 16.9. The van der Waals surface area contributed by atoms with Crippen LogP contribution in [0.1, 0.15) is 41.8 Å². The van der Waals surface area contributed by atoms with Crippen molar-refractivity contribution in [1.29, 1.82) is 0 Å². The Bertz CT molecular complexity index is 561. The van der Waals surface area contributed by atoms with Crippen molar-refractivity contribution in [2.24, 2.45) is 0 Å². The Morgan fingerprint density at radius 2 is 2.00 bits per heavy atom. The van der Waals surface area contributed by atoms with Gasteiger partial charge in [0.15, 0.2) is 0 Å². The van der Waals surface area contributed by atoms with E-state index in [2.05, 4.69) is 10.3 Å². The first-order chi connectivity index (χ1) is 9.92. The molecule has 2 heterocycles. The molecule has 0 bridgehead atoms. The summed E-state index contributed by atoms with van der Waals surface area (Å²) < 4.78 is 25.7. The van der Waals surface area contributed by atoms with E-state index in [1.54, 1.807) is 15.6 Å². The van der Waals surface area contributed by atoms with Crippen LogP contribution in [0, 0.1) is 13.8 Å². The molecule has 0 saturated carbocycles. The second-order valence-electron chi connectivity index (χ2n) is 5.61. The van der Waals surface area contributed by atoms with Crippen molar-refractivity contribution in [3.63, 3.8) is 0 Å². The van der Waals surface area contributed by atoms with Crippen molar-refractivity contribution in [3.05, 3.63) is 15.6 Å². The molecular formula is C14H25N3O2S2. The van der Waals surface area contributed by atoms with Gasteiger partial charge < -0.3 is 5.32 Å². The number of hydrogen-bond donors (Lipinski definition) is 1. The molecule has 1 saturated heterocycles. The van der Waals surface area contributed by atoms with Gasteiger partial charge in [0.2, 0.25) is 10.0 Å². The largest absolute Gasteiger partial charge is 0.309 e. The Morgan fingerprint density at radius 1 is 1.33 bits per heavy atom. The Labute approximate surface area is 131 Å². The molecule has 0 atom stereocenters. The van der Waals surface area contributed by atoms with Crippen LogP contribution in [0.15, 0.2) is 0 Å². The number of aromatic nitrogens is 1. The quantitative estimate of drug-likeness (QED) is 0.867. The number of hydrogen-bond acceptors (Lipinski definition) is 5. The highest BCUT2D eigenvalue weighted by molar-refractivity contribution is 7.89. The maximum atomic E-state index is 12.0. The minimum absolute atomic E-state index is 0.268. The topological polar surface area (TPSA) is 62.3 Å². The highest BCUT2D eigenvalue weighted by Gasteiger charge is 2.27. The van der Waals surface area contributed by atoms with E-state index in [1.807, 2.05) is 20.8 Å². The predicted molar refractivity (Wildman–Crippen MR) is 87.1 cm³/mol. The fourth-order valence-corrected chi connectivity index (χ4v) is 5.13. The summed E-state index contributed by atoms with van der Waals surface area (Å²) in [5.41, 5.74) is 1.10. The molecule has 120 valence electrons. The van der Waals surface area contributed by atoms with Crippen molar-refractivity contribution in [1.82, 2.24) is 14.6 Å². The summed E-state index contributed by atoms with van der Waals surface area (Å²) in [6, 6.07) is 0.403. The van der Waals surface area contributed by atoms with Crippen molar-refractivity contribution < 1.29 is 8.42 Å². The lowest BCUT2D eigenvalue weighted by molar-refractivity contribution is 0.289. The number of nitrogens with one attached hydrogen (secondary N) is 1. The molecular weight excluding hydrogens is 306 g/mol. The second-order valence-corrected chi connectivity index (χ2v) is 8.99. The summed E-state index contributed by atoms with van der Waals surface area (Å²) in [4.78, 5) is 5.72. The standard InChI is InChI=1S/C14H25N3O2S2/c1-4-9-21(18,19)17-7-5-13(6-8-17)15-10-14-11(2)16-12(3)20-14/h13,15H,4-10H2,1-3H3. The molecule has 1 aliphatic rings. The molecule has 1 aliphatic heterocycles. The number of piperidine rings is 1. The third-order valence-electron chi connectivity index (χ3n) is 3.86. The molecule has 1 aromatic heterocycles. The lowest BCUT2D eigenvalue weighted by Crippen LogP contribution is -2.45. The van der Waals surface area contributed by atoms with Gasteiger partial charge in [0.05, 0.1) is 16.5 Å². The zero-order chi connectivity index (χ0) is 15.5. The van der Waals surface area contributed by atoms with Crippen molar-refractivity contribution in [3.8, 4) is 0 Å². The number of sulfonamides is 1. The molecule has 0 unspecified atom stereocenters. The number of thiazole rings is 1. The van der Waals surface area contributed by atoms with Gasteiger partial charge >= 0.3 is 0 Å². The van der Waals surface area contributed by atoms with E-state index in [4.69, 9.17) is 0 Å². The minimum atomic E-state index is -3.03. The molecule has 0 aliphatic carbocycles. The minimum Gasteiger partial charge on any atom is -0.309 e. The average molecular weight is 332 g/mol. The molecule has 0 spiro atoms. The first-order valence-corrected chi connectivity index (χ1v) is 9.99. The number of rotatable bonds is 6. The van der Waals surface area contributed by atoms with Gasteiger partial charge in [-0.3, -0.25) is 0 Å². The highest BCUT2D eigenvalue weighted by atomic mass is 32.2. The molecule has 1 fully saturated rings. The predicted octanol–water partition coefficient (Wildman–Crippen LogP) is 2.05. The van der Waals surface area contributed by atoms with E-state index in [1.165, 1.54) is 4.88 Å². The Morgan fingerprint density at radius 3 is 2.52 bits per heavy atom. The highest BCUT2D eigenvalue weighted by Crippen LogP contribution is 2.19. The van der Waals surface area contributed by atoms with Crippen molar-refractivity contribution >= 4 is 21.4 Å². The summed E-state index contributed by atoms with van der Waals surface area (Å²) in [5, 5.41) is 4.65. The van der Waals surface area contributed by atoms with Gasteiger partial charge in [0, 0.05) is 30.6 Å². The van der Waals surface area contributed by atoms with Gasteiger partial charge in [-0.25, -0.2) is 17.7 Å². The van der Waals surface area contributed by atoms with Crippen LogP contribution in [0.3, 0.4) is 0 Å². The van der Waals surface area contributed by atoms with Crippen LogP contribution in [0.5, 0.6) is 0 Å². The van der Waals surface area contributed by atoms with Crippen LogP contribution in [0.25, 0.3) is 0 Å². The van der Waals surface area contributed by atoms with Crippen LogP contribution in [0.4, 0.5) is 0 Å². The molecule has 0 radical (unpaired) electrons. The zero-order valence-electron chi connectivity index (χ0n) is 13.1. The van der Waals surface area contributed by atoms with Crippen LogP contribution >= 0.6 is 11.3 Å². The molecule has 0 amide bonds. The molecule has 2 rings (SSSR count). The van der Waals surface area contributed by atoms with E-state index >= 15 is 0 Å². The van der Waals surface area contributed by atoms with Gasteiger partial charge in [0.25, 0.3) is 0 Å². The van der Waals surface area contributed by atoms with Crippen LogP contribution < -0.4 is 5.32 Å². The summed E-state index contributed by atoms with van der Waals surface area (Å²) in [7, 11) is -3.03. The van der Waals surface area contributed by atoms with Crippen LogP contribution in [-0.4, -0.2) is 42.6 Å². The molecule has 21 heavy (non-hydrogen) atoms. The van der Waals surface area contributed by atoms with Gasteiger partial charge in [0.1, 0.15) is 0 Å². The normalized spacial score (nSPS) is 18.2. The van der Waals surface area contributed by atoms with Crippen LogP contribution in [0.2, 0.25) is 0 Å². The van der Waals surface area contributed by atoms with E-state index in [0.717, 1.165) is 30.1 Å². The fourth-order valence-electron chi connectivity index (χ4n) is 2.70. The second kappa shape index (κ2) is 7.17. The summed E-state index contributed by atoms with van der Waals surface area (Å²) in [5.74, 6) is 0.268. The molecule has 0 aromatic carbocycles. The molecule has 7 heteroatoms. The van der Waals surface area contributed by atoms with Gasteiger partial charge in [-0.1, -0.05) is 6.92 Å². The van der Waals surface area contributed by atoms with E-state index in [9.17, 15) is 8.42 Å². The first-order valence-electron chi connectivity index (χ1n) is 7.56. The lowest BCUT2D eigenvalue weighted by Gasteiger charge is -2.31. The maximum Gasteiger partial charge on any atom is 0.214 e. The van der Waals surface area contributed by atoms with Gasteiger partial charge in [-0.2, -0.15) is 0 Å². The summed E-state index contributed by atoms with van der Waals surface area (Å²) in [6.45, 7) is 8.09. The lowest BCUT2D eigenvalue weighted by atomic mass is 10.1. The van der Waals surface area contributed by atoms with E-state index in [0.29, 0.717) is 25.6 Å². The Kier molecular flexibility index (Phi) is 5.76. The van der Waals surface area contributed by atoms with Gasteiger partial charge in [-0.15, -0.1) is 11.3 Å². The van der Waals surface area contributed by atoms with Crippen LogP contribution in [-0.2, 0) is 16.6 Å².